The molecule has 0 saturated heterocycles. The van der Waals surface area contributed by atoms with Gasteiger partial charge in [-0.1, -0.05) is 17.7 Å². The topological polar surface area (TPSA) is 27.8 Å². The van der Waals surface area contributed by atoms with Crippen molar-refractivity contribution < 1.29 is 0 Å². The van der Waals surface area contributed by atoms with Crippen LogP contribution in [0.1, 0.15) is 5.56 Å². The van der Waals surface area contributed by atoms with Crippen molar-refractivity contribution in [1.82, 2.24) is 4.98 Å². The average Bonchev–Trinajstić information content (AvgIpc) is 2.87. The molecule has 0 aliphatic rings. The molecule has 0 bridgehead atoms. The summed E-state index contributed by atoms with van der Waals surface area (Å²) in [5, 5.41) is 5.34. The Kier molecular flexibility index (Phi) is 3.49. The highest BCUT2D eigenvalue weighted by Crippen LogP contribution is 2.26. The molecule has 3 aromatic rings. The van der Waals surface area contributed by atoms with E-state index in [9.17, 15) is 0 Å². The third-order valence-electron chi connectivity index (χ3n) is 3.03. The third kappa shape index (κ3) is 2.77. The van der Waals surface area contributed by atoms with E-state index in [1.165, 1.54) is 10.9 Å². The lowest BCUT2D eigenvalue weighted by molar-refractivity contribution is 1.15. The lowest BCUT2D eigenvalue weighted by Crippen LogP contribution is -1.99. The van der Waals surface area contributed by atoms with Crippen LogP contribution in [-0.4, -0.2) is 4.98 Å². The minimum Gasteiger partial charge on any atom is -0.381 e. The van der Waals surface area contributed by atoms with Crippen molar-refractivity contribution >= 4 is 44.1 Å². The van der Waals surface area contributed by atoms with E-state index >= 15 is 0 Å². The molecule has 96 valence electrons. The van der Waals surface area contributed by atoms with Crippen molar-refractivity contribution in [3.05, 3.63) is 63.7 Å². The Morgan fingerprint density at radius 2 is 2.00 bits per heavy atom. The van der Waals surface area contributed by atoms with Crippen LogP contribution in [0.25, 0.3) is 10.9 Å². The van der Waals surface area contributed by atoms with E-state index in [0.29, 0.717) is 0 Å². The second-order valence-electron chi connectivity index (χ2n) is 4.38. The number of halogens is 2. The number of nitrogens with one attached hydrogen (secondary N) is 2. The van der Waals surface area contributed by atoms with Crippen LogP contribution in [0.4, 0.5) is 5.69 Å². The van der Waals surface area contributed by atoms with Gasteiger partial charge >= 0.3 is 0 Å². The highest BCUT2D eigenvalue weighted by Gasteiger charge is 2.00. The number of hydrogen-bond donors (Lipinski definition) is 2. The summed E-state index contributed by atoms with van der Waals surface area (Å²) in [6.45, 7) is 0.787. The summed E-state index contributed by atoms with van der Waals surface area (Å²) in [4.78, 5) is 3.19. The van der Waals surface area contributed by atoms with Crippen molar-refractivity contribution in [2.75, 3.05) is 5.32 Å². The molecule has 0 aliphatic heterocycles. The molecule has 0 unspecified atom stereocenters. The fourth-order valence-electron chi connectivity index (χ4n) is 2.02. The largest absolute Gasteiger partial charge is 0.381 e. The summed E-state index contributed by atoms with van der Waals surface area (Å²) in [5.74, 6) is 0. The van der Waals surface area contributed by atoms with Gasteiger partial charge in [0.05, 0.1) is 5.02 Å². The number of rotatable bonds is 3. The van der Waals surface area contributed by atoms with E-state index in [4.69, 9.17) is 11.6 Å². The monoisotopic (exact) mass is 334 g/mol. The van der Waals surface area contributed by atoms with Crippen LogP contribution in [0, 0.1) is 0 Å². The number of aromatic nitrogens is 1. The molecule has 0 spiro atoms. The maximum atomic E-state index is 5.97. The summed E-state index contributed by atoms with van der Waals surface area (Å²) in [5.41, 5.74) is 3.46. The molecular formula is C15H12BrClN2. The average molecular weight is 336 g/mol. The Balaban J connectivity index is 1.75. The highest BCUT2D eigenvalue weighted by atomic mass is 79.9. The van der Waals surface area contributed by atoms with Gasteiger partial charge in [-0.3, -0.25) is 0 Å². The SMILES string of the molecule is Clc1ccc(NCc2ccc3[nH]ccc3c2)cc1Br. The molecule has 0 amide bonds. The van der Waals surface area contributed by atoms with Crippen LogP contribution in [0.5, 0.6) is 0 Å². The van der Waals surface area contributed by atoms with E-state index in [1.807, 2.05) is 24.4 Å². The zero-order valence-electron chi connectivity index (χ0n) is 10.1. The van der Waals surface area contributed by atoms with Crippen molar-refractivity contribution in [3.63, 3.8) is 0 Å². The number of benzene rings is 2. The first-order valence-electron chi connectivity index (χ1n) is 5.97. The molecular weight excluding hydrogens is 324 g/mol. The number of H-pyrrole nitrogens is 1. The van der Waals surface area contributed by atoms with Crippen molar-refractivity contribution in [1.29, 1.82) is 0 Å². The zero-order valence-corrected chi connectivity index (χ0v) is 12.4. The summed E-state index contributed by atoms with van der Waals surface area (Å²) >= 11 is 9.40. The maximum Gasteiger partial charge on any atom is 0.0549 e. The predicted molar refractivity (Wildman–Crippen MR) is 84.8 cm³/mol. The molecule has 0 saturated carbocycles. The molecule has 1 aromatic heterocycles. The minimum absolute atomic E-state index is 0.722. The van der Waals surface area contributed by atoms with Crippen molar-refractivity contribution in [3.8, 4) is 0 Å². The van der Waals surface area contributed by atoms with Gasteiger partial charge in [-0.2, -0.15) is 0 Å². The molecule has 2 aromatic carbocycles. The van der Waals surface area contributed by atoms with Gasteiger partial charge in [-0.25, -0.2) is 0 Å². The molecule has 0 fully saturated rings. The standard InChI is InChI=1S/C15H12BrClN2/c16-13-8-12(2-3-14(13)17)19-9-10-1-4-15-11(7-10)5-6-18-15/h1-8,18-19H,9H2. The lowest BCUT2D eigenvalue weighted by atomic mass is 10.1. The predicted octanol–water partition coefficient (Wildman–Crippen LogP) is 5.20. The molecule has 2 nitrogen and oxygen atoms in total. The lowest BCUT2D eigenvalue weighted by Gasteiger charge is -2.08. The van der Waals surface area contributed by atoms with Crippen LogP contribution < -0.4 is 5.32 Å². The van der Waals surface area contributed by atoms with Gasteiger partial charge < -0.3 is 10.3 Å². The maximum absolute atomic E-state index is 5.97. The molecule has 0 aliphatic carbocycles. The molecule has 3 rings (SSSR count). The second-order valence-corrected chi connectivity index (χ2v) is 5.64. The number of fused-ring (bicyclic) bond motifs is 1. The summed E-state index contributed by atoms with van der Waals surface area (Å²) in [6.07, 6.45) is 1.96. The Hall–Kier alpha value is -1.45. The first kappa shape index (κ1) is 12.6. The van der Waals surface area contributed by atoms with E-state index < -0.39 is 0 Å². The summed E-state index contributed by atoms with van der Waals surface area (Å²) in [7, 11) is 0. The van der Waals surface area contributed by atoms with E-state index in [-0.39, 0.29) is 0 Å². The molecule has 0 atom stereocenters. The Morgan fingerprint density at radius 3 is 2.84 bits per heavy atom. The Bertz CT molecular complexity index is 721. The molecule has 1 heterocycles. The minimum atomic E-state index is 0.722. The normalized spacial score (nSPS) is 10.8. The van der Waals surface area contributed by atoms with Gasteiger partial charge in [0.2, 0.25) is 0 Å². The van der Waals surface area contributed by atoms with Gasteiger partial charge in [0.1, 0.15) is 0 Å². The van der Waals surface area contributed by atoms with Crippen LogP contribution >= 0.6 is 27.5 Å². The number of anilines is 1. The van der Waals surface area contributed by atoms with Gasteiger partial charge in [-0.15, -0.1) is 0 Å². The number of hydrogen-bond acceptors (Lipinski definition) is 1. The quantitative estimate of drug-likeness (QED) is 0.677. The van der Waals surface area contributed by atoms with Gasteiger partial charge in [0.25, 0.3) is 0 Å². The first-order valence-corrected chi connectivity index (χ1v) is 7.14. The summed E-state index contributed by atoms with van der Waals surface area (Å²) in [6, 6.07) is 14.3. The fraction of sp³-hybridized carbons (Fsp3) is 0.0667. The summed E-state index contributed by atoms with van der Waals surface area (Å²) < 4.78 is 0.903. The molecule has 4 heteroatoms. The van der Waals surface area contributed by atoms with Crippen LogP contribution in [0.2, 0.25) is 5.02 Å². The Labute approximate surface area is 124 Å². The van der Waals surface area contributed by atoms with Crippen molar-refractivity contribution in [2.45, 2.75) is 6.54 Å². The van der Waals surface area contributed by atoms with Crippen LogP contribution in [0.3, 0.4) is 0 Å². The third-order valence-corrected chi connectivity index (χ3v) is 4.25. The highest BCUT2D eigenvalue weighted by molar-refractivity contribution is 9.10. The molecule has 2 N–H and O–H groups in total. The van der Waals surface area contributed by atoms with Crippen LogP contribution in [-0.2, 0) is 6.54 Å². The smallest absolute Gasteiger partial charge is 0.0549 e. The van der Waals surface area contributed by atoms with Gasteiger partial charge in [0, 0.05) is 28.4 Å². The van der Waals surface area contributed by atoms with E-state index in [0.717, 1.165) is 27.2 Å². The zero-order chi connectivity index (χ0) is 13.2. The van der Waals surface area contributed by atoms with Crippen LogP contribution in [0.15, 0.2) is 53.1 Å². The van der Waals surface area contributed by atoms with E-state index in [1.54, 1.807) is 0 Å². The van der Waals surface area contributed by atoms with Gasteiger partial charge in [0.15, 0.2) is 0 Å². The molecule has 0 radical (unpaired) electrons. The van der Waals surface area contributed by atoms with Gasteiger partial charge in [-0.05, 0) is 63.3 Å². The van der Waals surface area contributed by atoms with Crippen molar-refractivity contribution in [2.24, 2.45) is 0 Å². The first-order chi connectivity index (χ1) is 9.22. The number of aromatic amines is 1. The molecule has 19 heavy (non-hydrogen) atoms. The Morgan fingerprint density at radius 1 is 1.11 bits per heavy atom. The van der Waals surface area contributed by atoms with E-state index in [2.05, 4.69) is 50.5 Å². The second kappa shape index (κ2) is 5.27. The fourth-order valence-corrected chi connectivity index (χ4v) is 2.52.